The molecule has 0 atom stereocenters. The van der Waals surface area contributed by atoms with Gasteiger partial charge in [-0.15, -0.1) is 11.3 Å². The molecule has 0 unspecified atom stereocenters. The zero-order chi connectivity index (χ0) is 21.8. The van der Waals surface area contributed by atoms with Crippen LogP contribution in [0.3, 0.4) is 0 Å². The summed E-state index contributed by atoms with van der Waals surface area (Å²) in [4.78, 5) is 21.0. The number of ether oxygens (including phenoxy) is 1. The maximum Gasteiger partial charge on any atom is 0.268 e. The van der Waals surface area contributed by atoms with Crippen molar-refractivity contribution in [2.45, 2.75) is 0 Å². The largest absolute Gasteiger partial charge is 0.378 e. The van der Waals surface area contributed by atoms with E-state index in [4.69, 9.17) is 9.72 Å². The van der Waals surface area contributed by atoms with Crippen molar-refractivity contribution in [3.05, 3.63) is 89.8 Å². The highest BCUT2D eigenvalue weighted by molar-refractivity contribution is 7.17. The van der Waals surface area contributed by atoms with E-state index in [0.717, 1.165) is 53.8 Å². The number of thiazole rings is 1. The summed E-state index contributed by atoms with van der Waals surface area (Å²) in [6, 6.07) is 27.8. The van der Waals surface area contributed by atoms with Crippen LogP contribution in [0.25, 0.3) is 21.8 Å². The number of nitrogens with zero attached hydrogens (tertiary/aromatic N) is 2. The van der Waals surface area contributed by atoms with Gasteiger partial charge in [0.2, 0.25) is 0 Å². The Balaban J connectivity index is 1.42. The zero-order valence-electron chi connectivity index (χ0n) is 17.5. The number of benzene rings is 3. The molecule has 1 saturated heterocycles. The van der Waals surface area contributed by atoms with E-state index in [2.05, 4.69) is 10.2 Å². The molecular weight excluding hydrogens is 418 g/mol. The molecule has 0 radical (unpaired) electrons. The molecule has 4 aromatic rings. The molecule has 2 heterocycles. The van der Waals surface area contributed by atoms with Gasteiger partial charge >= 0.3 is 0 Å². The minimum absolute atomic E-state index is 0.150. The number of anilines is 2. The molecule has 1 N–H and O–H groups in total. The molecule has 5 rings (SSSR count). The van der Waals surface area contributed by atoms with Crippen molar-refractivity contribution < 1.29 is 9.53 Å². The summed E-state index contributed by atoms with van der Waals surface area (Å²) in [5.41, 5.74) is 4.54. The first-order valence-electron chi connectivity index (χ1n) is 10.6. The van der Waals surface area contributed by atoms with Gasteiger partial charge in [-0.2, -0.15) is 0 Å². The fourth-order valence-electron chi connectivity index (χ4n) is 3.73. The third kappa shape index (κ3) is 4.42. The molecule has 32 heavy (non-hydrogen) atoms. The van der Waals surface area contributed by atoms with Crippen LogP contribution >= 0.6 is 11.3 Å². The van der Waals surface area contributed by atoms with E-state index in [-0.39, 0.29) is 5.91 Å². The van der Waals surface area contributed by atoms with Crippen molar-refractivity contribution in [2.75, 3.05) is 36.5 Å². The Bertz CT molecular complexity index is 1180. The van der Waals surface area contributed by atoms with Gasteiger partial charge in [0.05, 0.1) is 18.9 Å². The van der Waals surface area contributed by atoms with Crippen molar-refractivity contribution in [2.24, 2.45) is 0 Å². The van der Waals surface area contributed by atoms with Crippen molar-refractivity contribution in [1.29, 1.82) is 0 Å². The van der Waals surface area contributed by atoms with Crippen LogP contribution in [-0.4, -0.2) is 37.2 Å². The highest BCUT2D eigenvalue weighted by Crippen LogP contribution is 2.34. The van der Waals surface area contributed by atoms with Gasteiger partial charge in [-0.25, -0.2) is 4.98 Å². The van der Waals surface area contributed by atoms with E-state index < -0.39 is 0 Å². The number of rotatable bonds is 5. The molecule has 0 saturated carbocycles. The van der Waals surface area contributed by atoms with E-state index in [9.17, 15) is 4.79 Å². The zero-order valence-corrected chi connectivity index (χ0v) is 18.3. The van der Waals surface area contributed by atoms with Gasteiger partial charge in [0.1, 0.15) is 9.88 Å². The standard InChI is InChI=1S/C26H23N3O2S/c30-25(27-21-11-13-22(14-12-21)29-15-17-31-18-16-29)24-23(19-7-3-1-4-8-19)28-26(32-24)20-9-5-2-6-10-20/h1-14H,15-18H2,(H,27,30). The summed E-state index contributed by atoms with van der Waals surface area (Å²) < 4.78 is 5.42. The molecule has 6 heteroatoms. The number of carbonyl (C=O) groups is 1. The molecule has 3 aromatic carbocycles. The lowest BCUT2D eigenvalue weighted by Gasteiger charge is -2.28. The van der Waals surface area contributed by atoms with Gasteiger partial charge in [-0.05, 0) is 24.3 Å². The van der Waals surface area contributed by atoms with Crippen molar-refractivity contribution >= 4 is 28.6 Å². The first-order valence-corrected chi connectivity index (χ1v) is 11.5. The minimum atomic E-state index is -0.150. The highest BCUT2D eigenvalue weighted by atomic mass is 32.1. The Labute approximate surface area is 191 Å². The molecule has 0 aliphatic carbocycles. The number of hydrogen-bond acceptors (Lipinski definition) is 5. The first-order chi connectivity index (χ1) is 15.8. The van der Waals surface area contributed by atoms with Crippen LogP contribution in [0.2, 0.25) is 0 Å². The number of morpholine rings is 1. The second-order valence-corrected chi connectivity index (χ2v) is 8.53. The van der Waals surface area contributed by atoms with Crippen LogP contribution in [0.4, 0.5) is 11.4 Å². The van der Waals surface area contributed by atoms with Gasteiger partial charge in [-0.3, -0.25) is 4.79 Å². The molecular formula is C26H23N3O2S. The number of carbonyl (C=O) groups excluding carboxylic acids is 1. The maximum atomic E-state index is 13.3. The number of hydrogen-bond donors (Lipinski definition) is 1. The second kappa shape index (κ2) is 9.34. The monoisotopic (exact) mass is 441 g/mol. The topological polar surface area (TPSA) is 54.5 Å². The van der Waals surface area contributed by atoms with E-state index in [1.165, 1.54) is 11.3 Å². The first kappa shape index (κ1) is 20.4. The van der Waals surface area contributed by atoms with Gasteiger partial charge < -0.3 is 15.0 Å². The van der Waals surface area contributed by atoms with Crippen LogP contribution in [0.1, 0.15) is 9.67 Å². The summed E-state index contributed by atoms with van der Waals surface area (Å²) in [5.74, 6) is -0.150. The minimum Gasteiger partial charge on any atom is -0.378 e. The molecule has 1 aliphatic rings. The van der Waals surface area contributed by atoms with Gasteiger partial charge in [0, 0.05) is 35.6 Å². The average molecular weight is 442 g/mol. The molecule has 160 valence electrons. The molecule has 1 fully saturated rings. The van der Waals surface area contributed by atoms with Crippen molar-refractivity contribution in [3.8, 4) is 21.8 Å². The normalized spacial score (nSPS) is 13.7. The lowest BCUT2D eigenvalue weighted by atomic mass is 10.1. The third-order valence-electron chi connectivity index (χ3n) is 5.40. The van der Waals surface area contributed by atoms with Crippen molar-refractivity contribution in [1.82, 2.24) is 4.98 Å². The molecule has 1 amide bonds. The average Bonchev–Trinajstić information content (AvgIpc) is 3.32. The lowest BCUT2D eigenvalue weighted by Crippen LogP contribution is -2.36. The van der Waals surface area contributed by atoms with Gasteiger partial charge in [0.25, 0.3) is 5.91 Å². The number of amides is 1. The predicted molar refractivity (Wildman–Crippen MR) is 130 cm³/mol. The van der Waals surface area contributed by atoms with Crippen LogP contribution < -0.4 is 10.2 Å². The summed E-state index contributed by atoms with van der Waals surface area (Å²) in [6.45, 7) is 3.26. The quantitative estimate of drug-likeness (QED) is 0.440. The highest BCUT2D eigenvalue weighted by Gasteiger charge is 2.20. The maximum absolute atomic E-state index is 13.3. The van der Waals surface area contributed by atoms with E-state index in [1.807, 2.05) is 84.9 Å². The fraction of sp³-hybridized carbons (Fsp3) is 0.154. The SMILES string of the molecule is O=C(Nc1ccc(N2CCOCC2)cc1)c1sc(-c2ccccc2)nc1-c1ccccc1. The fourth-order valence-corrected chi connectivity index (χ4v) is 4.72. The smallest absolute Gasteiger partial charge is 0.268 e. The Morgan fingerprint density at radius 2 is 1.47 bits per heavy atom. The van der Waals surface area contributed by atoms with E-state index in [1.54, 1.807) is 0 Å². The Kier molecular flexibility index (Phi) is 5.96. The number of aromatic nitrogens is 1. The van der Waals surface area contributed by atoms with Crippen molar-refractivity contribution in [3.63, 3.8) is 0 Å². The third-order valence-corrected chi connectivity index (χ3v) is 6.51. The molecule has 1 aliphatic heterocycles. The van der Waals surface area contributed by atoms with E-state index >= 15 is 0 Å². The number of nitrogens with one attached hydrogen (secondary N) is 1. The Morgan fingerprint density at radius 3 is 2.12 bits per heavy atom. The second-order valence-electron chi connectivity index (χ2n) is 7.53. The van der Waals surface area contributed by atoms with Gasteiger partial charge in [0.15, 0.2) is 0 Å². The van der Waals surface area contributed by atoms with Crippen LogP contribution in [-0.2, 0) is 4.74 Å². The Morgan fingerprint density at radius 1 is 0.844 bits per heavy atom. The summed E-state index contributed by atoms with van der Waals surface area (Å²) in [6.07, 6.45) is 0. The molecule has 0 spiro atoms. The van der Waals surface area contributed by atoms with Crippen LogP contribution in [0, 0.1) is 0 Å². The van der Waals surface area contributed by atoms with E-state index in [0.29, 0.717) is 10.6 Å². The summed E-state index contributed by atoms with van der Waals surface area (Å²) in [5, 5.41) is 3.88. The molecule has 1 aromatic heterocycles. The van der Waals surface area contributed by atoms with Crippen LogP contribution in [0.5, 0.6) is 0 Å². The lowest BCUT2D eigenvalue weighted by molar-refractivity contribution is 0.103. The molecule has 0 bridgehead atoms. The van der Waals surface area contributed by atoms with Crippen LogP contribution in [0.15, 0.2) is 84.9 Å². The molecule has 5 nitrogen and oxygen atoms in total. The summed E-state index contributed by atoms with van der Waals surface area (Å²) >= 11 is 1.42. The van der Waals surface area contributed by atoms with Gasteiger partial charge in [-0.1, -0.05) is 60.7 Å². The summed E-state index contributed by atoms with van der Waals surface area (Å²) in [7, 11) is 0. The Hall–Kier alpha value is -3.48. The predicted octanol–water partition coefficient (Wildman–Crippen LogP) is 5.57.